The van der Waals surface area contributed by atoms with Crippen LogP contribution in [0.15, 0.2) is 0 Å². The number of nitrogens with two attached hydrogens (primary N) is 1. The van der Waals surface area contributed by atoms with Gasteiger partial charge in [0.25, 0.3) is 6.43 Å². The average Bonchev–Trinajstić information content (AvgIpc) is 2.16. The standard InChI is InChI=1S/C11H23F2N3O/c1-11(2,10(14)15)4-3-5-16(6-7-17)8-9(12)13/h9,17H,3-8H2,1-2H3,(H3,14,15). The monoisotopic (exact) mass is 251 g/mol. The number of aliphatic hydroxyl groups excluding tert-OH is 1. The fourth-order valence-electron chi connectivity index (χ4n) is 1.51. The van der Waals surface area contributed by atoms with Crippen LogP contribution in [0.1, 0.15) is 26.7 Å². The first-order valence-electron chi connectivity index (χ1n) is 5.75. The number of hydrogen-bond acceptors (Lipinski definition) is 3. The van der Waals surface area contributed by atoms with Crippen molar-refractivity contribution in [2.45, 2.75) is 33.1 Å². The van der Waals surface area contributed by atoms with Crippen LogP contribution >= 0.6 is 0 Å². The molecule has 0 fully saturated rings. The summed E-state index contributed by atoms with van der Waals surface area (Å²) in [6.45, 7) is 4.02. The number of alkyl halides is 2. The van der Waals surface area contributed by atoms with Crippen LogP contribution in [0, 0.1) is 10.8 Å². The van der Waals surface area contributed by atoms with Gasteiger partial charge in [-0.2, -0.15) is 0 Å². The Morgan fingerprint density at radius 3 is 2.41 bits per heavy atom. The number of nitrogens with zero attached hydrogens (tertiary/aromatic N) is 1. The van der Waals surface area contributed by atoms with Gasteiger partial charge in [0.15, 0.2) is 0 Å². The van der Waals surface area contributed by atoms with Crippen molar-refractivity contribution in [1.82, 2.24) is 4.90 Å². The van der Waals surface area contributed by atoms with Gasteiger partial charge in [-0.3, -0.25) is 10.3 Å². The van der Waals surface area contributed by atoms with Gasteiger partial charge in [0, 0.05) is 12.0 Å². The summed E-state index contributed by atoms with van der Waals surface area (Å²) in [7, 11) is 0. The Labute approximate surface area is 101 Å². The van der Waals surface area contributed by atoms with Crippen molar-refractivity contribution in [3.63, 3.8) is 0 Å². The highest BCUT2D eigenvalue weighted by atomic mass is 19.3. The first kappa shape index (κ1) is 16.2. The highest BCUT2D eigenvalue weighted by Gasteiger charge is 2.21. The quantitative estimate of drug-likeness (QED) is 0.427. The van der Waals surface area contributed by atoms with E-state index in [0.717, 1.165) is 0 Å². The normalized spacial score (nSPS) is 12.4. The molecule has 6 heteroatoms. The van der Waals surface area contributed by atoms with Crippen molar-refractivity contribution in [2.75, 3.05) is 26.2 Å². The maximum Gasteiger partial charge on any atom is 0.251 e. The molecule has 0 unspecified atom stereocenters. The molecule has 0 rings (SSSR count). The third-order valence-corrected chi connectivity index (χ3v) is 2.82. The van der Waals surface area contributed by atoms with E-state index in [0.29, 0.717) is 19.4 Å². The van der Waals surface area contributed by atoms with E-state index in [9.17, 15) is 8.78 Å². The molecule has 0 saturated heterocycles. The maximum absolute atomic E-state index is 12.2. The molecule has 0 aromatic rings. The SMILES string of the molecule is CC(C)(CCCN(CCO)CC(F)F)C(=N)N. The minimum Gasteiger partial charge on any atom is -0.395 e. The fraction of sp³-hybridized carbons (Fsp3) is 0.909. The number of aliphatic hydroxyl groups is 1. The van der Waals surface area contributed by atoms with Crippen LogP contribution in [-0.2, 0) is 0 Å². The van der Waals surface area contributed by atoms with Gasteiger partial charge in [0.2, 0.25) is 0 Å². The van der Waals surface area contributed by atoms with Crippen LogP contribution in [0.3, 0.4) is 0 Å². The topological polar surface area (TPSA) is 73.3 Å². The molecule has 0 aromatic carbocycles. The Morgan fingerprint density at radius 2 is 2.00 bits per heavy atom. The number of rotatable bonds is 9. The summed E-state index contributed by atoms with van der Waals surface area (Å²) in [5.74, 6) is 0.111. The Hall–Kier alpha value is -0.750. The third kappa shape index (κ3) is 7.23. The van der Waals surface area contributed by atoms with E-state index in [1.54, 1.807) is 0 Å². The largest absolute Gasteiger partial charge is 0.395 e. The summed E-state index contributed by atoms with van der Waals surface area (Å²) < 4.78 is 24.4. The minimum atomic E-state index is -2.39. The lowest BCUT2D eigenvalue weighted by molar-refractivity contribution is 0.0766. The number of hydrogen-bond donors (Lipinski definition) is 3. The van der Waals surface area contributed by atoms with Crippen molar-refractivity contribution in [3.05, 3.63) is 0 Å². The average molecular weight is 251 g/mol. The van der Waals surface area contributed by atoms with Gasteiger partial charge in [0.1, 0.15) is 0 Å². The van der Waals surface area contributed by atoms with E-state index in [1.165, 1.54) is 4.90 Å². The van der Waals surface area contributed by atoms with Crippen LogP contribution in [0.2, 0.25) is 0 Å². The van der Waals surface area contributed by atoms with E-state index in [-0.39, 0.29) is 25.5 Å². The third-order valence-electron chi connectivity index (χ3n) is 2.82. The summed E-state index contributed by atoms with van der Waals surface area (Å²) in [5.41, 5.74) is 5.04. The van der Waals surface area contributed by atoms with E-state index < -0.39 is 11.8 Å². The molecule has 0 bridgehead atoms. The summed E-state index contributed by atoms with van der Waals surface area (Å²) >= 11 is 0. The molecule has 0 aromatic heterocycles. The molecule has 4 N–H and O–H groups in total. The molecule has 0 radical (unpaired) electrons. The van der Waals surface area contributed by atoms with Crippen molar-refractivity contribution in [2.24, 2.45) is 11.1 Å². The first-order valence-corrected chi connectivity index (χ1v) is 5.75. The predicted octanol–water partition coefficient (Wildman–Crippen LogP) is 1.29. The first-order chi connectivity index (χ1) is 7.79. The van der Waals surface area contributed by atoms with Crippen molar-refractivity contribution in [1.29, 1.82) is 5.41 Å². The Kier molecular flexibility index (Phi) is 7.22. The lowest BCUT2D eigenvalue weighted by Gasteiger charge is -2.25. The minimum absolute atomic E-state index is 0.111. The lowest BCUT2D eigenvalue weighted by Crippen LogP contribution is -2.35. The lowest BCUT2D eigenvalue weighted by atomic mass is 9.86. The van der Waals surface area contributed by atoms with Gasteiger partial charge in [-0.1, -0.05) is 13.8 Å². The zero-order valence-electron chi connectivity index (χ0n) is 10.5. The van der Waals surface area contributed by atoms with Crippen LogP contribution in [0.4, 0.5) is 8.78 Å². The van der Waals surface area contributed by atoms with Gasteiger partial charge in [-0.05, 0) is 19.4 Å². The predicted molar refractivity (Wildman–Crippen MR) is 64.5 cm³/mol. The summed E-state index contributed by atoms with van der Waals surface area (Å²) in [4.78, 5) is 1.53. The molecule has 0 saturated carbocycles. The summed E-state index contributed by atoms with van der Waals surface area (Å²) in [5, 5.41) is 16.1. The van der Waals surface area contributed by atoms with Gasteiger partial charge in [0.05, 0.1) is 19.0 Å². The van der Waals surface area contributed by atoms with E-state index in [1.807, 2.05) is 13.8 Å². The highest BCUT2D eigenvalue weighted by Crippen LogP contribution is 2.21. The molecule has 0 aliphatic carbocycles. The fourth-order valence-corrected chi connectivity index (χ4v) is 1.51. The van der Waals surface area contributed by atoms with Crippen molar-refractivity contribution in [3.8, 4) is 0 Å². The molecule has 102 valence electrons. The van der Waals surface area contributed by atoms with Crippen LogP contribution in [0.25, 0.3) is 0 Å². The smallest absolute Gasteiger partial charge is 0.251 e. The van der Waals surface area contributed by atoms with Gasteiger partial charge in [-0.25, -0.2) is 8.78 Å². The maximum atomic E-state index is 12.2. The highest BCUT2D eigenvalue weighted by molar-refractivity contribution is 5.82. The van der Waals surface area contributed by atoms with Crippen molar-refractivity contribution >= 4 is 5.84 Å². The molecule has 0 amide bonds. The molecule has 17 heavy (non-hydrogen) atoms. The summed E-state index contributed by atoms with van der Waals surface area (Å²) in [6, 6.07) is 0. The van der Waals surface area contributed by atoms with Gasteiger partial charge < -0.3 is 10.8 Å². The zero-order valence-corrected chi connectivity index (χ0v) is 10.5. The summed E-state index contributed by atoms with van der Waals surface area (Å²) in [6.07, 6.45) is -1.03. The van der Waals surface area contributed by atoms with Crippen LogP contribution in [-0.4, -0.2) is 48.5 Å². The van der Waals surface area contributed by atoms with Gasteiger partial charge >= 0.3 is 0 Å². The second kappa shape index (κ2) is 7.55. The number of halogens is 2. The van der Waals surface area contributed by atoms with E-state index >= 15 is 0 Å². The molecule has 0 atom stereocenters. The Bertz CT molecular complexity index is 235. The number of amidine groups is 1. The molecular weight excluding hydrogens is 228 g/mol. The molecule has 0 spiro atoms. The second-order valence-corrected chi connectivity index (χ2v) is 4.82. The second-order valence-electron chi connectivity index (χ2n) is 4.82. The Morgan fingerprint density at radius 1 is 1.41 bits per heavy atom. The molecule has 0 heterocycles. The number of nitrogens with one attached hydrogen (secondary N) is 1. The van der Waals surface area contributed by atoms with Crippen molar-refractivity contribution < 1.29 is 13.9 Å². The molecule has 4 nitrogen and oxygen atoms in total. The van der Waals surface area contributed by atoms with E-state index in [2.05, 4.69) is 0 Å². The Balaban J connectivity index is 4.01. The van der Waals surface area contributed by atoms with Crippen LogP contribution in [0.5, 0.6) is 0 Å². The molecule has 0 aliphatic rings. The molecular formula is C11H23F2N3O. The van der Waals surface area contributed by atoms with E-state index in [4.69, 9.17) is 16.2 Å². The van der Waals surface area contributed by atoms with Crippen LogP contribution < -0.4 is 5.73 Å². The molecule has 0 aliphatic heterocycles. The zero-order chi connectivity index (χ0) is 13.5. The van der Waals surface area contributed by atoms with Gasteiger partial charge in [-0.15, -0.1) is 0 Å².